The zero-order valence-corrected chi connectivity index (χ0v) is 20.3. The minimum atomic E-state index is -3.38. The van der Waals surface area contributed by atoms with Crippen LogP contribution in [-0.2, 0) is 14.6 Å². The van der Waals surface area contributed by atoms with E-state index in [4.69, 9.17) is 4.74 Å². The standard InChI is InChI=1S/C26H27N3O4S/c1-4-34(31,32)19-7-5-6-18(13-19)21-14-20(26(30)29-8-10-33-11-9-29)17(3)24-23(21)22-12-16(2)15-27-25(22)28-24/h5-7,12-15H,4,8-11H2,1-3H3,(H,27,28). The van der Waals surface area contributed by atoms with Crippen LogP contribution in [0.1, 0.15) is 28.4 Å². The van der Waals surface area contributed by atoms with Crippen LogP contribution >= 0.6 is 0 Å². The molecular weight excluding hydrogens is 450 g/mol. The van der Waals surface area contributed by atoms with Gasteiger partial charge in [-0.3, -0.25) is 4.79 Å². The van der Waals surface area contributed by atoms with Gasteiger partial charge in [-0.25, -0.2) is 13.4 Å². The Balaban J connectivity index is 1.81. The predicted octanol–water partition coefficient (Wildman–Crippen LogP) is 4.27. The topological polar surface area (TPSA) is 92.4 Å². The van der Waals surface area contributed by atoms with Crippen LogP contribution in [0.25, 0.3) is 33.1 Å². The number of amides is 1. The molecule has 4 aromatic rings. The molecule has 1 aliphatic heterocycles. The van der Waals surface area contributed by atoms with Crippen molar-refractivity contribution < 1.29 is 17.9 Å². The Morgan fingerprint density at radius 2 is 1.91 bits per heavy atom. The Kier molecular flexibility index (Phi) is 5.65. The van der Waals surface area contributed by atoms with Crippen LogP contribution in [0, 0.1) is 13.8 Å². The van der Waals surface area contributed by atoms with Gasteiger partial charge in [0.05, 0.1) is 29.4 Å². The lowest BCUT2D eigenvalue weighted by Crippen LogP contribution is -2.41. The second-order valence-corrected chi connectivity index (χ2v) is 11.0. The highest BCUT2D eigenvalue weighted by Gasteiger charge is 2.25. The van der Waals surface area contributed by atoms with Crippen LogP contribution in [0.5, 0.6) is 0 Å². The van der Waals surface area contributed by atoms with Crippen LogP contribution < -0.4 is 0 Å². The summed E-state index contributed by atoms with van der Waals surface area (Å²) in [7, 11) is -3.38. The smallest absolute Gasteiger partial charge is 0.254 e. The lowest BCUT2D eigenvalue weighted by Gasteiger charge is -2.27. The van der Waals surface area contributed by atoms with Crippen molar-refractivity contribution in [1.29, 1.82) is 0 Å². The average molecular weight is 478 g/mol. The number of aromatic nitrogens is 2. The molecule has 2 aromatic carbocycles. The predicted molar refractivity (Wildman–Crippen MR) is 133 cm³/mol. The van der Waals surface area contributed by atoms with Crippen molar-refractivity contribution in [3.8, 4) is 11.1 Å². The Morgan fingerprint density at radius 3 is 2.65 bits per heavy atom. The summed E-state index contributed by atoms with van der Waals surface area (Å²) in [5, 5.41) is 1.88. The average Bonchev–Trinajstić information content (AvgIpc) is 3.24. The van der Waals surface area contributed by atoms with E-state index in [1.165, 1.54) is 0 Å². The van der Waals surface area contributed by atoms with Gasteiger partial charge in [-0.15, -0.1) is 0 Å². The molecule has 0 spiro atoms. The molecule has 1 aliphatic rings. The van der Waals surface area contributed by atoms with Gasteiger partial charge in [-0.2, -0.15) is 0 Å². The van der Waals surface area contributed by atoms with Crippen molar-refractivity contribution in [1.82, 2.24) is 14.9 Å². The van der Waals surface area contributed by atoms with E-state index in [1.54, 1.807) is 31.3 Å². The SMILES string of the molecule is CCS(=O)(=O)c1cccc(-c2cc(C(=O)N3CCOCC3)c(C)c3[nH]c4ncc(C)cc4c23)c1. The fourth-order valence-corrected chi connectivity index (χ4v) is 5.53. The summed E-state index contributed by atoms with van der Waals surface area (Å²) in [5.74, 6) is -0.0272. The van der Waals surface area contributed by atoms with E-state index in [0.717, 1.165) is 44.2 Å². The van der Waals surface area contributed by atoms with Crippen molar-refractivity contribution >= 4 is 37.7 Å². The second kappa shape index (κ2) is 8.52. The number of hydrogen-bond acceptors (Lipinski definition) is 5. The summed E-state index contributed by atoms with van der Waals surface area (Å²) in [6.07, 6.45) is 1.81. The van der Waals surface area contributed by atoms with E-state index in [0.29, 0.717) is 31.9 Å². The Hall–Kier alpha value is -3.23. The first-order chi connectivity index (χ1) is 16.3. The molecule has 5 rings (SSSR count). The van der Waals surface area contributed by atoms with Crippen molar-refractivity contribution in [3.05, 3.63) is 59.3 Å². The van der Waals surface area contributed by atoms with Crippen LogP contribution in [0.2, 0.25) is 0 Å². The van der Waals surface area contributed by atoms with Gasteiger partial charge in [0.25, 0.3) is 5.91 Å². The quantitative estimate of drug-likeness (QED) is 0.474. The lowest BCUT2D eigenvalue weighted by molar-refractivity contribution is 0.0302. The maximum absolute atomic E-state index is 13.5. The first kappa shape index (κ1) is 22.6. The van der Waals surface area contributed by atoms with Crippen molar-refractivity contribution in [2.75, 3.05) is 32.1 Å². The third kappa shape index (κ3) is 3.76. The summed E-state index contributed by atoms with van der Waals surface area (Å²) in [5.41, 5.74) is 5.60. The molecule has 8 heteroatoms. The van der Waals surface area contributed by atoms with Gasteiger partial charge in [-0.1, -0.05) is 19.1 Å². The summed E-state index contributed by atoms with van der Waals surface area (Å²) >= 11 is 0. The maximum atomic E-state index is 13.5. The minimum Gasteiger partial charge on any atom is -0.378 e. The van der Waals surface area contributed by atoms with Crippen LogP contribution in [0.3, 0.4) is 0 Å². The first-order valence-electron chi connectivity index (χ1n) is 11.4. The monoisotopic (exact) mass is 477 g/mol. The van der Waals surface area contributed by atoms with Crippen LogP contribution in [0.4, 0.5) is 0 Å². The highest BCUT2D eigenvalue weighted by molar-refractivity contribution is 7.91. The molecule has 2 aromatic heterocycles. The molecule has 0 bridgehead atoms. The van der Waals surface area contributed by atoms with Crippen molar-refractivity contribution in [2.24, 2.45) is 0 Å². The molecule has 176 valence electrons. The number of sulfone groups is 1. The number of ether oxygens (including phenoxy) is 1. The molecule has 0 atom stereocenters. The van der Waals surface area contributed by atoms with E-state index in [2.05, 4.69) is 16.0 Å². The van der Waals surface area contributed by atoms with Gasteiger partial charge < -0.3 is 14.6 Å². The molecule has 0 unspecified atom stereocenters. The molecule has 0 saturated carbocycles. The summed E-state index contributed by atoms with van der Waals surface area (Å²) in [6.45, 7) is 7.70. The molecule has 1 fully saturated rings. The summed E-state index contributed by atoms with van der Waals surface area (Å²) in [6, 6.07) is 10.9. The Labute approximate surface area is 198 Å². The molecule has 3 heterocycles. The number of morpholine rings is 1. The number of aromatic amines is 1. The molecule has 1 amide bonds. The second-order valence-electron chi connectivity index (χ2n) is 8.72. The number of nitrogens with zero attached hydrogens (tertiary/aromatic N) is 2. The molecule has 7 nitrogen and oxygen atoms in total. The van der Waals surface area contributed by atoms with Crippen molar-refractivity contribution in [3.63, 3.8) is 0 Å². The largest absolute Gasteiger partial charge is 0.378 e. The number of carbonyl (C=O) groups excluding carboxylic acids is 1. The fourth-order valence-electron chi connectivity index (χ4n) is 4.61. The molecule has 0 aliphatic carbocycles. The summed E-state index contributed by atoms with van der Waals surface area (Å²) < 4.78 is 30.6. The Bertz CT molecular complexity index is 1530. The third-order valence-electron chi connectivity index (χ3n) is 6.54. The molecular formula is C26H27N3O4S. The van der Waals surface area contributed by atoms with E-state index in [1.807, 2.05) is 30.9 Å². The van der Waals surface area contributed by atoms with Gasteiger partial charge in [-0.05, 0) is 60.4 Å². The number of fused-ring (bicyclic) bond motifs is 3. The molecule has 34 heavy (non-hydrogen) atoms. The maximum Gasteiger partial charge on any atom is 0.254 e. The summed E-state index contributed by atoms with van der Waals surface area (Å²) in [4.78, 5) is 23.6. The molecule has 1 N–H and O–H groups in total. The Morgan fingerprint density at radius 1 is 1.15 bits per heavy atom. The lowest BCUT2D eigenvalue weighted by atomic mass is 9.93. The van der Waals surface area contributed by atoms with Gasteiger partial charge in [0.2, 0.25) is 0 Å². The van der Waals surface area contributed by atoms with Crippen LogP contribution in [-0.4, -0.2) is 61.2 Å². The number of benzene rings is 2. The number of rotatable bonds is 4. The molecule has 0 radical (unpaired) electrons. The third-order valence-corrected chi connectivity index (χ3v) is 8.27. The van der Waals surface area contributed by atoms with Gasteiger partial charge in [0.1, 0.15) is 5.65 Å². The first-order valence-corrected chi connectivity index (χ1v) is 13.1. The fraction of sp³-hybridized carbons (Fsp3) is 0.308. The van der Waals surface area contributed by atoms with E-state index in [9.17, 15) is 13.2 Å². The number of pyridine rings is 1. The van der Waals surface area contributed by atoms with E-state index in [-0.39, 0.29) is 16.6 Å². The highest BCUT2D eigenvalue weighted by atomic mass is 32.2. The highest BCUT2D eigenvalue weighted by Crippen LogP contribution is 2.38. The minimum absolute atomic E-state index is 0.0245. The molecule has 1 saturated heterocycles. The number of hydrogen-bond donors (Lipinski definition) is 1. The van der Waals surface area contributed by atoms with Gasteiger partial charge in [0.15, 0.2) is 9.84 Å². The zero-order chi connectivity index (χ0) is 24.0. The van der Waals surface area contributed by atoms with Gasteiger partial charge >= 0.3 is 0 Å². The number of aryl methyl sites for hydroxylation is 2. The normalized spacial score (nSPS) is 14.7. The van der Waals surface area contributed by atoms with E-state index >= 15 is 0 Å². The number of H-pyrrole nitrogens is 1. The van der Waals surface area contributed by atoms with E-state index < -0.39 is 9.84 Å². The number of carbonyl (C=O) groups is 1. The van der Waals surface area contributed by atoms with Crippen molar-refractivity contribution in [2.45, 2.75) is 25.7 Å². The zero-order valence-electron chi connectivity index (χ0n) is 19.5. The van der Waals surface area contributed by atoms with Crippen LogP contribution in [0.15, 0.2) is 47.5 Å². The van der Waals surface area contributed by atoms with Gasteiger partial charge in [0, 0.05) is 35.6 Å². The number of nitrogens with one attached hydrogen (secondary N) is 1.